The molecular formula is C29H38Cl2N2O3. The molecule has 0 aromatic heterocycles. The summed E-state index contributed by atoms with van der Waals surface area (Å²) in [6.07, 6.45) is 6.64. The number of nitrogens with zero attached hydrogens (tertiary/aromatic N) is 2. The highest BCUT2D eigenvalue weighted by Crippen LogP contribution is 2.41. The van der Waals surface area contributed by atoms with Crippen molar-refractivity contribution in [1.82, 2.24) is 9.80 Å². The monoisotopic (exact) mass is 532 g/mol. The van der Waals surface area contributed by atoms with Crippen molar-refractivity contribution in [3.8, 4) is 11.1 Å². The first-order valence-electron chi connectivity index (χ1n) is 13.3. The second-order valence-corrected chi connectivity index (χ2v) is 11.1. The summed E-state index contributed by atoms with van der Waals surface area (Å²) in [7, 11) is 0. The summed E-state index contributed by atoms with van der Waals surface area (Å²) < 4.78 is 5.39. The normalized spacial score (nSPS) is 19.2. The van der Waals surface area contributed by atoms with Gasteiger partial charge in [-0.2, -0.15) is 0 Å². The zero-order valence-corrected chi connectivity index (χ0v) is 22.7. The Labute approximate surface area is 225 Å². The highest BCUT2D eigenvalue weighted by Gasteiger charge is 2.40. The van der Waals surface area contributed by atoms with E-state index < -0.39 is 5.60 Å². The first kappa shape index (κ1) is 27.3. The Hall–Kier alpha value is -1.79. The van der Waals surface area contributed by atoms with Gasteiger partial charge in [-0.25, -0.2) is 4.79 Å². The average Bonchev–Trinajstić information content (AvgIpc) is 2.89. The standard InChI is InChI=1S/C29H38Cl2N2O3/c1-2-3-19-36-28(34)33-17-15-32(16-18-33)21-26(29(35)13-5-4-6-14-29)23-9-7-22(8-10-23)25-20-24(30)11-12-27(25)31/h7-12,20,26,35H,2-6,13-19,21H2,1H3. The van der Waals surface area contributed by atoms with Crippen LogP contribution in [0, 0.1) is 0 Å². The van der Waals surface area contributed by atoms with E-state index in [4.69, 9.17) is 27.9 Å². The van der Waals surface area contributed by atoms with E-state index in [1.54, 1.807) is 11.0 Å². The number of amides is 1. The summed E-state index contributed by atoms with van der Waals surface area (Å²) in [4.78, 5) is 16.5. The summed E-state index contributed by atoms with van der Waals surface area (Å²) >= 11 is 12.6. The molecule has 1 atom stereocenters. The van der Waals surface area contributed by atoms with Crippen molar-refractivity contribution >= 4 is 29.3 Å². The van der Waals surface area contributed by atoms with Crippen LogP contribution in [-0.4, -0.2) is 65.9 Å². The molecule has 4 rings (SSSR count). The lowest BCUT2D eigenvalue weighted by Gasteiger charge is -2.43. The van der Waals surface area contributed by atoms with Crippen LogP contribution in [0.5, 0.6) is 0 Å². The van der Waals surface area contributed by atoms with E-state index in [0.717, 1.165) is 74.8 Å². The zero-order chi connectivity index (χ0) is 25.5. The molecule has 2 fully saturated rings. The van der Waals surface area contributed by atoms with Gasteiger partial charge in [0.25, 0.3) is 0 Å². The highest BCUT2D eigenvalue weighted by atomic mass is 35.5. The van der Waals surface area contributed by atoms with E-state index in [9.17, 15) is 9.90 Å². The third kappa shape index (κ3) is 6.74. The van der Waals surface area contributed by atoms with Crippen molar-refractivity contribution < 1.29 is 14.6 Å². The number of unbranched alkanes of at least 4 members (excludes halogenated alkanes) is 1. The van der Waals surface area contributed by atoms with E-state index in [0.29, 0.717) is 29.7 Å². The van der Waals surface area contributed by atoms with E-state index >= 15 is 0 Å². The molecule has 1 heterocycles. The fourth-order valence-electron chi connectivity index (χ4n) is 5.48. The Bertz CT molecular complexity index is 1000. The molecule has 1 aliphatic carbocycles. The molecule has 36 heavy (non-hydrogen) atoms. The van der Waals surface area contributed by atoms with Crippen LogP contribution in [0.2, 0.25) is 10.0 Å². The Morgan fingerprint density at radius 2 is 1.72 bits per heavy atom. The molecule has 2 aromatic carbocycles. The van der Waals surface area contributed by atoms with Gasteiger partial charge >= 0.3 is 6.09 Å². The van der Waals surface area contributed by atoms with Crippen molar-refractivity contribution in [2.24, 2.45) is 0 Å². The fraction of sp³-hybridized carbons (Fsp3) is 0.552. The van der Waals surface area contributed by atoms with Crippen LogP contribution in [0.15, 0.2) is 42.5 Å². The van der Waals surface area contributed by atoms with Gasteiger partial charge in [0.15, 0.2) is 0 Å². The van der Waals surface area contributed by atoms with E-state index in [2.05, 4.69) is 36.1 Å². The Kier molecular flexibility index (Phi) is 9.57. The predicted octanol–water partition coefficient (Wildman–Crippen LogP) is 6.99. The Morgan fingerprint density at radius 3 is 2.39 bits per heavy atom. The molecule has 0 spiro atoms. The quantitative estimate of drug-likeness (QED) is 0.372. The second kappa shape index (κ2) is 12.6. The van der Waals surface area contributed by atoms with Gasteiger partial charge in [-0.1, -0.05) is 80.1 Å². The third-order valence-corrected chi connectivity index (χ3v) is 8.28. The van der Waals surface area contributed by atoms with Crippen LogP contribution in [-0.2, 0) is 4.74 Å². The number of halogens is 2. The lowest BCUT2D eigenvalue weighted by molar-refractivity contribution is -0.0342. The minimum atomic E-state index is -0.719. The van der Waals surface area contributed by atoms with Gasteiger partial charge in [0.1, 0.15) is 0 Å². The highest BCUT2D eigenvalue weighted by molar-refractivity contribution is 6.35. The summed E-state index contributed by atoms with van der Waals surface area (Å²) in [5, 5.41) is 13.1. The first-order chi connectivity index (χ1) is 17.4. The molecule has 1 amide bonds. The zero-order valence-electron chi connectivity index (χ0n) is 21.2. The molecule has 7 heteroatoms. The van der Waals surface area contributed by atoms with Gasteiger partial charge in [-0.3, -0.25) is 4.90 Å². The lowest BCUT2D eigenvalue weighted by atomic mass is 9.72. The van der Waals surface area contributed by atoms with Crippen molar-refractivity contribution in [1.29, 1.82) is 0 Å². The summed E-state index contributed by atoms with van der Waals surface area (Å²) in [6, 6.07) is 13.9. The van der Waals surface area contributed by atoms with E-state index in [1.807, 2.05) is 12.1 Å². The minimum absolute atomic E-state index is 0.00439. The molecular weight excluding hydrogens is 495 g/mol. The fourth-order valence-corrected chi connectivity index (χ4v) is 5.88. The number of aliphatic hydroxyl groups is 1. The van der Waals surface area contributed by atoms with Crippen LogP contribution in [0.3, 0.4) is 0 Å². The van der Waals surface area contributed by atoms with Gasteiger partial charge in [-0.05, 0) is 48.6 Å². The molecule has 5 nitrogen and oxygen atoms in total. The number of piperazine rings is 1. The molecule has 1 saturated heterocycles. The molecule has 1 saturated carbocycles. The molecule has 2 aliphatic rings. The van der Waals surface area contributed by atoms with Crippen molar-refractivity contribution in [3.05, 3.63) is 58.1 Å². The van der Waals surface area contributed by atoms with E-state index in [1.165, 1.54) is 6.42 Å². The number of rotatable bonds is 8. The van der Waals surface area contributed by atoms with Crippen molar-refractivity contribution in [3.63, 3.8) is 0 Å². The van der Waals surface area contributed by atoms with Crippen molar-refractivity contribution in [2.45, 2.75) is 63.4 Å². The maximum atomic E-state index is 12.3. The number of hydrogen-bond donors (Lipinski definition) is 1. The van der Waals surface area contributed by atoms with Gasteiger partial charge in [0.05, 0.1) is 12.2 Å². The second-order valence-electron chi connectivity index (χ2n) is 10.2. The number of carbonyl (C=O) groups excluding carboxylic acids is 1. The summed E-state index contributed by atoms with van der Waals surface area (Å²) in [5.41, 5.74) is 2.34. The lowest BCUT2D eigenvalue weighted by Crippen LogP contribution is -2.52. The number of hydrogen-bond acceptors (Lipinski definition) is 4. The molecule has 1 unspecified atom stereocenters. The third-order valence-electron chi connectivity index (χ3n) is 7.72. The summed E-state index contributed by atoms with van der Waals surface area (Å²) in [6.45, 7) is 6.22. The molecule has 0 radical (unpaired) electrons. The summed E-state index contributed by atoms with van der Waals surface area (Å²) in [5.74, 6) is 0.00439. The molecule has 1 aliphatic heterocycles. The van der Waals surface area contributed by atoms with Crippen LogP contribution in [0.4, 0.5) is 4.79 Å². The maximum Gasteiger partial charge on any atom is 0.409 e. The van der Waals surface area contributed by atoms with Crippen LogP contribution >= 0.6 is 23.2 Å². The predicted molar refractivity (Wildman–Crippen MR) is 147 cm³/mol. The van der Waals surface area contributed by atoms with Crippen LogP contribution < -0.4 is 0 Å². The van der Waals surface area contributed by atoms with Gasteiger partial charge in [0, 0.05) is 54.3 Å². The topological polar surface area (TPSA) is 53.0 Å². The number of benzene rings is 2. The van der Waals surface area contributed by atoms with Crippen LogP contribution in [0.1, 0.15) is 63.4 Å². The Balaban J connectivity index is 1.47. The van der Waals surface area contributed by atoms with E-state index in [-0.39, 0.29) is 12.0 Å². The molecule has 0 bridgehead atoms. The Morgan fingerprint density at radius 1 is 1.03 bits per heavy atom. The van der Waals surface area contributed by atoms with Crippen LogP contribution in [0.25, 0.3) is 11.1 Å². The molecule has 2 aromatic rings. The molecule has 196 valence electrons. The van der Waals surface area contributed by atoms with Gasteiger partial charge in [0.2, 0.25) is 0 Å². The van der Waals surface area contributed by atoms with Crippen molar-refractivity contribution in [2.75, 3.05) is 39.3 Å². The SMILES string of the molecule is CCCCOC(=O)N1CCN(CC(c2ccc(-c3cc(Cl)ccc3Cl)cc2)C2(O)CCCCC2)CC1. The largest absolute Gasteiger partial charge is 0.449 e. The minimum Gasteiger partial charge on any atom is -0.449 e. The molecule has 1 N–H and O–H groups in total. The average molecular weight is 534 g/mol. The number of carbonyl (C=O) groups is 1. The first-order valence-corrected chi connectivity index (χ1v) is 14.1. The smallest absolute Gasteiger partial charge is 0.409 e. The van der Waals surface area contributed by atoms with Gasteiger partial charge < -0.3 is 14.7 Å². The maximum absolute atomic E-state index is 12.3. The number of ether oxygens (including phenoxy) is 1. The van der Waals surface area contributed by atoms with Gasteiger partial charge in [-0.15, -0.1) is 0 Å².